The van der Waals surface area contributed by atoms with Crippen LogP contribution in [-0.4, -0.2) is 48.5 Å². The van der Waals surface area contributed by atoms with Gasteiger partial charge in [-0.3, -0.25) is 24.2 Å². The number of methoxy groups -OCH3 is 1. The Kier molecular flexibility index (Phi) is 6.99. The Morgan fingerprint density at radius 2 is 1.88 bits per heavy atom. The number of fused-ring (bicyclic) bond motifs is 3. The van der Waals surface area contributed by atoms with E-state index in [0.717, 1.165) is 0 Å². The van der Waals surface area contributed by atoms with E-state index in [9.17, 15) is 14.4 Å². The maximum Gasteiger partial charge on any atom is 0.248 e. The molecule has 8 nitrogen and oxygen atoms in total. The summed E-state index contributed by atoms with van der Waals surface area (Å²) in [6, 6.07) is 13.1. The fourth-order valence-electron chi connectivity index (χ4n) is 7.22. The van der Waals surface area contributed by atoms with Crippen LogP contribution in [0.3, 0.4) is 0 Å². The van der Waals surface area contributed by atoms with Gasteiger partial charge >= 0.3 is 0 Å². The smallest absolute Gasteiger partial charge is 0.248 e. The molecule has 4 atom stereocenters. The molecule has 0 aromatic heterocycles. The van der Waals surface area contributed by atoms with Crippen LogP contribution in [-0.2, 0) is 15.0 Å². The first-order valence-corrected chi connectivity index (χ1v) is 14.7. The molecule has 3 aliphatic rings. The summed E-state index contributed by atoms with van der Waals surface area (Å²) in [6.07, 6.45) is 0.510. The standard InChI is InChI=1S/C32H31Cl2FN4O4/c1-31(2,3)14-24-32(19-10-9-17(33)13-21(19)37-30(32)42)25(18-6-5-7-20(34)26(18)35)27-29(41)38(15-39(24)27)22-11-8-16(28(36)40)12-23(22)43-4/h5-13,24-25,27H,14-15H2,1-4H3,(H2,36,40)(H,37,42). The maximum atomic E-state index is 16.1. The molecule has 3 N–H and O–H groups in total. The van der Waals surface area contributed by atoms with Crippen molar-refractivity contribution in [2.45, 2.75) is 50.6 Å². The first-order chi connectivity index (χ1) is 20.3. The number of carbonyl (C=O) groups excluding carboxylic acids is 3. The first kappa shape index (κ1) is 29.4. The molecule has 3 aromatic rings. The molecule has 1 spiro atoms. The number of ether oxygens (including phenoxy) is 1. The third-order valence-corrected chi connectivity index (χ3v) is 9.37. The predicted molar refractivity (Wildman–Crippen MR) is 163 cm³/mol. The van der Waals surface area contributed by atoms with Crippen molar-refractivity contribution in [2.75, 3.05) is 24.0 Å². The molecule has 2 saturated heterocycles. The summed E-state index contributed by atoms with van der Waals surface area (Å²) in [5.74, 6) is -2.60. The second-order valence-electron chi connectivity index (χ2n) is 12.5. The van der Waals surface area contributed by atoms with Crippen molar-refractivity contribution in [3.63, 3.8) is 0 Å². The van der Waals surface area contributed by atoms with Gasteiger partial charge in [-0.15, -0.1) is 0 Å². The van der Waals surface area contributed by atoms with E-state index in [4.69, 9.17) is 33.7 Å². The van der Waals surface area contributed by atoms with Crippen LogP contribution in [0.1, 0.15) is 54.6 Å². The zero-order valence-electron chi connectivity index (χ0n) is 24.1. The summed E-state index contributed by atoms with van der Waals surface area (Å²) in [5, 5.41) is 3.36. The normalized spacial score (nSPS) is 24.8. The van der Waals surface area contributed by atoms with Gasteiger partial charge in [-0.05, 0) is 59.4 Å². The van der Waals surface area contributed by atoms with E-state index in [1.54, 1.807) is 41.3 Å². The van der Waals surface area contributed by atoms with Crippen LogP contribution >= 0.6 is 23.2 Å². The molecule has 11 heteroatoms. The Labute approximate surface area is 258 Å². The molecule has 3 aliphatic heterocycles. The highest BCUT2D eigenvalue weighted by atomic mass is 35.5. The van der Waals surface area contributed by atoms with Gasteiger partial charge in [-0.1, -0.05) is 62.2 Å². The molecule has 224 valence electrons. The van der Waals surface area contributed by atoms with Gasteiger partial charge in [0.2, 0.25) is 17.7 Å². The minimum absolute atomic E-state index is 0.0979. The lowest BCUT2D eigenvalue weighted by atomic mass is 9.62. The fraction of sp³-hybridized carbons (Fsp3) is 0.344. The quantitative estimate of drug-likeness (QED) is 0.378. The van der Waals surface area contributed by atoms with Gasteiger partial charge in [-0.25, -0.2) is 4.39 Å². The van der Waals surface area contributed by atoms with E-state index >= 15 is 4.39 Å². The first-order valence-electron chi connectivity index (χ1n) is 13.9. The van der Waals surface area contributed by atoms with Gasteiger partial charge in [0.25, 0.3) is 0 Å². The van der Waals surface area contributed by atoms with Crippen LogP contribution < -0.4 is 20.7 Å². The van der Waals surface area contributed by atoms with Gasteiger partial charge in [-0.2, -0.15) is 0 Å². The highest BCUT2D eigenvalue weighted by Gasteiger charge is 2.71. The van der Waals surface area contributed by atoms with Gasteiger partial charge < -0.3 is 15.8 Å². The Balaban J connectivity index is 1.60. The number of rotatable bonds is 5. The number of hydrogen-bond acceptors (Lipinski definition) is 5. The third-order valence-electron chi connectivity index (χ3n) is 8.84. The van der Waals surface area contributed by atoms with E-state index in [1.807, 2.05) is 4.90 Å². The summed E-state index contributed by atoms with van der Waals surface area (Å²) in [6.45, 7) is 6.31. The van der Waals surface area contributed by atoms with Crippen molar-refractivity contribution in [1.29, 1.82) is 0 Å². The average Bonchev–Trinajstić information content (AvgIpc) is 3.52. The average molecular weight is 626 g/mol. The summed E-state index contributed by atoms with van der Waals surface area (Å²) in [4.78, 5) is 44.4. The van der Waals surface area contributed by atoms with Crippen molar-refractivity contribution in [3.8, 4) is 5.75 Å². The molecule has 0 radical (unpaired) electrons. The second-order valence-corrected chi connectivity index (χ2v) is 13.4. The highest BCUT2D eigenvalue weighted by molar-refractivity contribution is 6.31. The van der Waals surface area contributed by atoms with Crippen LogP contribution in [0.2, 0.25) is 10.0 Å². The maximum absolute atomic E-state index is 16.1. The minimum atomic E-state index is -1.33. The van der Waals surface area contributed by atoms with E-state index in [-0.39, 0.29) is 45.8 Å². The minimum Gasteiger partial charge on any atom is -0.495 e. The highest BCUT2D eigenvalue weighted by Crippen LogP contribution is 2.62. The van der Waals surface area contributed by atoms with E-state index < -0.39 is 35.1 Å². The zero-order valence-corrected chi connectivity index (χ0v) is 25.6. The molecule has 4 unspecified atom stereocenters. The molecule has 2 fully saturated rings. The lowest BCUT2D eigenvalue weighted by Gasteiger charge is -2.40. The summed E-state index contributed by atoms with van der Waals surface area (Å²) in [5.41, 5.74) is 5.92. The van der Waals surface area contributed by atoms with Crippen molar-refractivity contribution >= 4 is 52.3 Å². The van der Waals surface area contributed by atoms with E-state index in [2.05, 4.69) is 26.1 Å². The van der Waals surface area contributed by atoms with Gasteiger partial charge in [0, 0.05) is 28.2 Å². The topological polar surface area (TPSA) is 105 Å². The molecule has 43 heavy (non-hydrogen) atoms. The van der Waals surface area contributed by atoms with Gasteiger partial charge in [0.05, 0.1) is 30.5 Å². The summed E-state index contributed by atoms with van der Waals surface area (Å²) < 4.78 is 21.6. The van der Waals surface area contributed by atoms with Crippen molar-refractivity contribution in [2.24, 2.45) is 11.1 Å². The number of nitrogens with zero attached hydrogens (tertiary/aromatic N) is 2. The van der Waals surface area contributed by atoms with Gasteiger partial charge in [0.1, 0.15) is 17.0 Å². The van der Waals surface area contributed by atoms with Crippen molar-refractivity contribution in [3.05, 3.63) is 87.2 Å². The second kappa shape index (κ2) is 10.2. The number of nitrogens with two attached hydrogens (primary N) is 1. The number of anilines is 2. The Morgan fingerprint density at radius 3 is 2.56 bits per heavy atom. The third kappa shape index (κ3) is 4.39. The van der Waals surface area contributed by atoms with Crippen LogP contribution in [0.5, 0.6) is 5.75 Å². The van der Waals surface area contributed by atoms with Crippen LogP contribution in [0, 0.1) is 11.2 Å². The number of carbonyl (C=O) groups is 3. The Morgan fingerprint density at radius 1 is 1.14 bits per heavy atom. The number of primary amides is 1. The number of amides is 3. The van der Waals surface area contributed by atoms with Crippen LogP contribution in [0.15, 0.2) is 54.6 Å². The molecule has 3 heterocycles. The van der Waals surface area contributed by atoms with E-state index in [1.165, 1.54) is 25.3 Å². The lowest BCUT2D eigenvalue weighted by Crippen LogP contribution is -2.52. The fourth-order valence-corrected chi connectivity index (χ4v) is 7.57. The molecule has 3 aromatic carbocycles. The molecule has 0 aliphatic carbocycles. The summed E-state index contributed by atoms with van der Waals surface area (Å²) >= 11 is 12.6. The largest absolute Gasteiger partial charge is 0.495 e. The SMILES string of the molecule is COc1cc(C(N)=O)ccc1N1CN2C(C1=O)C(c1cccc(Cl)c1F)C1(C(=O)Nc3cc(Cl)ccc31)C2CC(C)(C)C. The number of benzene rings is 3. The molecule has 6 rings (SSSR count). The number of hydrogen-bond donors (Lipinski definition) is 2. The predicted octanol–water partition coefficient (Wildman–Crippen LogP) is 5.71. The van der Waals surface area contributed by atoms with Crippen LogP contribution in [0.4, 0.5) is 15.8 Å². The lowest BCUT2D eigenvalue weighted by molar-refractivity contribution is -0.122. The monoisotopic (exact) mass is 624 g/mol. The van der Waals surface area contributed by atoms with Crippen molar-refractivity contribution < 1.29 is 23.5 Å². The zero-order chi connectivity index (χ0) is 31.0. The molecule has 3 amide bonds. The number of halogens is 3. The van der Waals surface area contributed by atoms with Gasteiger partial charge in [0.15, 0.2) is 0 Å². The van der Waals surface area contributed by atoms with Crippen LogP contribution in [0.25, 0.3) is 0 Å². The molecular formula is C32H31Cl2FN4O4. The summed E-state index contributed by atoms with van der Waals surface area (Å²) in [7, 11) is 1.44. The van der Waals surface area contributed by atoms with E-state index in [0.29, 0.717) is 28.4 Å². The molecule has 0 bridgehead atoms. The molecular weight excluding hydrogens is 594 g/mol. The Hall–Kier alpha value is -3.66. The van der Waals surface area contributed by atoms with Crippen molar-refractivity contribution in [1.82, 2.24) is 4.90 Å². The Bertz CT molecular complexity index is 1690. The number of nitrogens with one attached hydrogen (secondary N) is 1. The molecule has 0 saturated carbocycles.